The Morgan fingerprint density at radius 3 is 2.58 bits per heavy atom. The molecule has 1 amide bonds. The van der Waals surface area contributed by atoms with Gasteiger partial charge in [0.15, 0.2) is 0 Å². The quantitative estimate of drug-likeness (QED) is 0.822. The summed E-state index contributed by atoms with van der Waals surface area (Å²) < 4.78 is 0. The lowest BCUT2D eigenvalue weighted by molar-refractivity contribution is 0.0938. The van der Waals surface area contributed by atoms with E-state index < -0.39 is 0 Å². The predicted octanol–water partition coefficient (Wildman–Crippen LogP) is 2.38. The molecule has 0 bridgehead atoms. The van der Waals surface area contributed by atoms with Crippen LogP contribution in [-0.4, -0.2) is 10.9 Å². The number of amides is 1. The second-order valence-electron chi connectivity index (χ2n) is 4.06. The van der Waals surface area contributed by atoms with Crippen LogP contribution in [0.15, 0.2) is 60.6 Å². The smallest absolute Gasteiger partial charge is 0.271 e. The van der Waals surface area contributed by atoms with Crippen molar-refractivity contribution in [1.82, 2.24) is 15.8 Å². The molecule has 0 atom stereocenters. The maximum absolute atomic E-state index is 11.8. The summed E-state index contributed by atoms with van der Waals surface area (Å²) in [4.78, 5) is 15.7. The fourth-order valence-corrected chi connectivity index (χ4v) is 1.56. The normalized spacial score (nSPS) is 10.9. The van der Waals surface area contributed by atoms with Crippen LogP contribution in [0.1, 0.15) is 22.8 Å². The van der Waals surface area contributed by atoms with Gasteiger partial charge in [0, 0.05) is 18.1 Å². The third-order valence-electron chi connectivity index (χ3n) is 2.48. The van der Waals surface area contributed by atoms with Crippen molar-refractivity contribution < 1.29 is 4.79 Å². The van der Waals surface area contributed by atoms with Crippen molar-refractivity contribution >= 4 is 12.0 Å². The Morgan fingerprint density at radius 2 is 1.89 bits per heavy atom. The lowest BCUT2D eigenvalue weighted by Gasteiger charge is -2.08. The van der Waals surface area contributed by atoms with E-state index >= 15 is 0 Å². The fourth-order valence-electron chi connectivity index (χ4n) is 1.56. The van der Waals surface area contributed by atoms with Gasteiger partial charge >= 0.3 is 0 Å². The topological polar surface area (TPSA) is 54.0 Å². The number of allylic oxidation sites excluding steroid dienone is 1. The van der Waals surface area contributed by atoms with Gasteiger partial charge in [-0.05, 0) is 30.7 Å². The summed E-state index contributed by atoms with van der Waals surface area (Å²) in [6, 6.07) is 13.3. The van der Waals surface area contributed by atoms with Gasteiger partial charge in [0.05, 0.1) is 5.56 Å². The lowest BCUT2D eigenvalue weighted by atomic mass is 10.2. The predicted molar refractivity (Wildman–Crippen MR) is 74.9 cm³/mol. The highest BCUT2D eigenvalue weighted by atomic mass is 16.2. The summed E-state index contributed by atoms with van der Waals surface area (Å²) in [6.45, 7) is 1.89. The van der Waals surface area contributed by atoms with E-state index in [1.165, 1.54) is 6.20 Å². The molecule has 0 radical (unpaired) electrons. The van der Waals surface area contributed by atoms with Gasteiger partial charge in [0.25, 0.3) is 5.91 Å². The molecule has 0 fully saturated rings. The molecule has 0 aliphatic rings. The molecule has 1 heterocycles. The minimum Gasteiger partial charge on any atom is -0.303 e. The number of hydrogen-bond donors (Lipinski definition) is 2. The van der Waals surface area contributed by atoms with E-state index in [9.17, 15) is 4.79 Å². The molecule has 4 heteroatoms. The first kappa shape index (κ1) is 12.8. The summed E-state index contributed by atoms with van der Waals surface area (Å²) >= 11 is 0. The van der Waals surface area contributed by atoms with Crippen LogP contribution >= 0.6 is 0 Å². The highest BCUT2D eigenvalue weighted by Crippen LogP contribution is 2.03. The van der Waals surface area contributed by atoms with Gasteiger partial charge in [-0.25, -0.2) is 0 Å². The molecular weight excluding hydrogens is 238 g/mol. The van der Waals surface area contributed by atoms with Crippen LogP contribution in [0.5, 0.6) is 0 Å². The highest BCUT2D eigenvalue weighted by Gasteiger charge is 2.03. The molecule has 96 valence electrons. The number of carbonyl (C=O) groups excluding carboxylic acids is 1. The van der Waals surface area contributed by atoms with Crippen molar-refractivity contribution in [3.8, 4) is 0 Å². The van der Waals surface area contributed by atoms with Crippen LogP contribution < -0.4 is 10.9 Å². The average Bonchev–Trinajstić information content (AvgIpc) is 2.47. The Balaban J connectivity index is 1.92. The minimum atomic E-state index is -0.214. The molecule has 0 aliphatic heterocycles. The molecule has 0 saturated carbocycles. The summed E-state index contributed by atoms with van der Waals surface area (Å²) in [7, 11) is 0. The Hall–Kier alpha value is -2.62. The van der Waals surface area contributed by atoms with Crippen molar-refractivity contribution in [3.05, 3.63) is 71.7 Å². The number of aromatic nitrogens is 1. The highest BCUT2D eigenvalue weighted by molar-refractivity contribution is 5.93. The van der Waals surface area contributed by atoms with Crippen LogP contribution in [0.4, 0.5) is 0 Å². The van der Waals surface area contributed by atoms with Gasteiger partial charge in [0.1, 0.15) is 0 Å². The molecule has 19 heavy (non-hydrogen) atoms. The van der Waals surface area contributed by atoms with Gasteiger partial charge in [-0.3, -0.25) is 15.2 Å². The maximum atomic E-state index is 11.8. The second-order valence-corrected chi connectivity index (χ2v) is 4.06. The monoisotopic (exact) mass is 253 g/mol. The number of carbonyl (C=O) groups is 1. The van der Waals surface area contributed by atoms with Gasteiger partial charge < -0.3 is 5.43 Å². The lowest BCUT2D eigenvalue weighted by Crippen LogP contribution is -2.35. The minimum absolute atomic E-state index is 0.214. The maximum Gasteiger partial charge on any atom is 0.271 e. The fraction of sp³-hybridized carbons (Fsp3) is 0.0667. The van der Waals surface area contributed by atoms with Crippen molar-refractivity contribution in [3.63, 3.8) is 0 Å². The van der Waals surface area contributed by atoms with Crippen molar-refractivity contribution in [1.29, 1.82) is 0 Å². The number of hydrogen-bond acceptors (Lipinski definition) is 3. The van der Waals surface area contributed by atoms with Crippen LogP contribution in [0.25, 0.3) is 6.08 Å². The molecule has 1 aromatic heterocycles. The first-order valence-electron chi connectivity index (χ1n) is 5.95. The van der Waals surface area contributed by atoms with Gasteiger partial charge in [0.2, 0.25) is 0 Å². The van der Waals surface area contributed by atoms with E-state index in [-0.39, 0.29) is 5.91 Å². The van der Waals surface area contributed by atoms with E-state index in [4.69, 9.17) is 0 Å². The molecule has 2 rings (SSSR count). The number of benzene rings is 1. The number of nitrogens with one attached hydrogen (secondary N) is 2. The molecule has 0 saturated heterocycles. The zero-order valence-electron chi connectivity index (χ0n) is 10.6. The first-order chi connectivity index (χ1) is 9.25. The van der Waals surface area contributed by atoms with Crippen LogP contribution in [0.2, 0.25) is 0 Å². The largest absolute Gasteiger partial charge is 0.303 e. The van der Waals surface area contributed by atoms with Gasteiger partial charge in [-0.2, -0.15) is 0 Å². The van der Waals surface area contributed by atoms with E-state index in [1.807, 2.05) is 43.3 Å². The zero-order valence-corrected chi connectivity index (χ0v) is 10.6. The second kappa shape index (κ2) is 6.35. The Bertz CT molecular complexity index is 564. The Kier molecular flexibility index (Phi) is 4.29. The molecule has 0 spiro atoms. The van der Waals surface area contributed by atoms with Crippen LogP contribution in [0, 0.1) is 0 Å². The van der Waals surface area contributed by atoms with Gasteiger partial charge in [-0.1, -0.05) is 30.3 Å². The molecule has 0 aliphatic carbocycles. The summed E-state index contributed by atoms with van der Waals surface area (Å²) in [5.74, 6) is -0.214. The zero-order chi connectivity index (χ0) is 13.5. The molecule has 0 unspecified atom stereocenters. The van der Waals surface area contributed by atoms with Crippen molar-refractivity contribution in [2.24, 2.45) is 0 Å². The Labute approximate surface area is 112 Å². The number of rotatable bonds is 4. The summed E-state index contributed by atoms with van der Waals surface area (Å²) in [6.07, 6.45) is 5.10. The summed E-state index contributed by atoms with van der Waals surface area (Å²) in [5, 5.41) is 0. The van der Waals surface area contributed by atoms with E-state index in [2.05, 4.69) is 15.8 Å². The third-order valence-corrected chi connectivity index (χ3v) is 2.48. The standard InChI is InChI=1S/C15H15N3O/c1-12(10-13-6-3-2-4-7-13)17-18-15(19)14-8-5-9-16-11-14/h2-11,17H,1H3,(H,18,19)/b12-10+. The SMILES string of the molecule is C/C(=C\c1ccccc1)NNC(=O)c1cccnc1. The summed E-state index contributed by atoms with van der Waals surface area (Å²) in [5.41, 5.74) is 7.92. The molecule has 4 nitrogen and oxygen atoms in total. The van der Waals surface area contributed by atoms with E-state index in [0.717, 1.165) is 11.3 Å². The third kappa shape index (κ3) is 3.96. The van der Waals surface area contributed by atoms with E-state index in [1.54, 1.807) is 18.3 Å². The van der Waals surface area contributed by atoms with Gasteiger partial charge in [-0.15, -0.1) is 0 Å². The number of pyridine rings is 1. The number of nitrogens with zero attached hydrogens (tertiary/aromatic N) is 1. The molecule has 2 aromatic rings. The van der Waals surface area contributed by atoms with Crippen LogP contribution in [-0.2, 0) is 0 Å². The molecular formula is C15H15N3O. The average molecular weight is 253 g/mol. The number of hydrazine groups is 1. The first-order valence-corrected chi connectivity index (χ1v) is 5.95. The Morgan fingerprint density at radius 1 is 1.11 bits per heavy atom. The molecule has 2 N–H and O–H groups in total. The van der Waals surface area contributed by atoms with Crippen LogP contribution in [0.3, 0.4) is 0 Å². The van der Waals surface area contributed by atoms with Crippen molar-refractivity contribution in [2.45, 2.75) is 6.92 Å². The van der Waals surface area contributed by atoms with Crippen molar-refractivity contribution in [2.75, 3.05) is 0 Å². The molecule has 1 aromatic carbocycles. The van der Waals surface area contributed by atoms with E-state index in [0.29, 0.717) is 5.56 Å².